The molecule has 0 bridgehead atoms. The van der Waals surface area contributed by atoms with E-state index in [1.54, 1.807) is 6.07 Å². The number of rotatable bonds is 2. The molecule has 1 aliphatic rings. The monoisotopic (exact) mass is 309 g/mol. The van der Waals surface area contributed by atoms with Crippen LogP contribution in [0.4, 0.5) is 10.1 Å². The van der Waals surface area contributed by atoms with Crippen LogP contribution < -0.4 is 5.32 Å². The van der Waals surface area contributed by atoms with E-state index in [0.717, 1.165) is 16.8 Å². The summed E-state index contributed by atoms with van der Waals surface area (Å²) in [5.74, 6) is -0.520. The van der Waals surface area contributed by atoms with Crippen LogP contribution in [0.25, 0.3) is 0 Å². The average molecular weight is 310 g/mol. The minimum absolute atomic E-state index is 0.0270. The van der Waals surface area contributed by atoms with Crippen LogP contribution in [0.3, 0.4) is 0 Å². The lowest BCUT2D eigenvalue weighted by molar-refractivity contribution is -0.115. The van der Waals surface area contributed by atoms with E-state index < -0.39 is 11.2 Å². The molecule has 1 heterocycles. The molecule has 0 fully saturated rings. The Labute approximate surface area is 125 Å². The van der Waals surface area contributed by atoms with Crippen molar-refractivity contribution in [3.05, 3.63) is 63.9 Å². The van der Waals surface area contributed by atoms with Gasteiger partial charge in [-0.05, 0) is 34.9 Å². The molecule has 0 aliphatic carbocycles. The second kappa shape index (κ2) is 5.08. The van der Waals surface area contributed by atoms with Crippen LogP contribution in [0.15, 0.2) is 36.4 Å². The van der Waals surface area contributed by atoms with E-state index in [0.29, 0.717) is 12.0 Å². The van der Waals surface area contributed by atoms with Crippen LogP contribution >= 0.6 is 23.2 Å². The number of amides is 1. The zero-order chi connectivity index (χ0) is 14.3. The Kier molecular flexibility index (Phi) is 3.40. The molecule has 0 spiro atoms. The maximum absolute atomic E-state index is 13.5. The number of benzene rings is 2. The molecule has 1 N–H and O–H groups in total. The van der Waals surface area contributed by atoms with Gasteiger partial charge < -0.3 is 5.32 Å². The number of fused-ring (bicyclic) bond motifs is 1. The van der Waals surface area contributed by atoms with Crippen molar-refractivity contribution in [1.82, 2.24) is 0 Å². The maximum atomic E-state index is 13.5. The highest BCUT2D eigenvalue weighted by molar-refractivity contribution is 6.30. The summed E-state index contributed by atoms with van der Waals surface area (Å²) in [5, 5.41) is 2.35. The van der Waals surface area contributed by atoms with Gasteiger partial charge in [0.2, 0.25) is 5.91 Å². The second-order valence-corrected chi connectivity index (χ2v) is 5.52. The molecule has 1 unspecified atom stereocenters. The van der Waals surface area contributed by atoms with E-state index in [1.165, 1.54) is 12.1 Å². The minimum atomic E-state index is -0.493. The zero-order valence-electron chi connectivity index (χ0n) is 10.3. The Bertz CT molecular complexity index is 702. The summed E-state index contributed by atoms with van der Waals surface area (Å²) in [6, 6.07) is 10.0. The first-order chi connectivity index (χ1) is 9.54. The van der Waals surface area contributed by atoms with Gasteiger partial charge in [0, 0.05) is 5.69 Å². The zero-order valence-corrected chi connectivity index (χ0v) is 11.8. The van der Waals surface area contributed by atoms with Gasteiger partial charge in [0.15, 0.2) is 0 Å². The average Bonchev–Trinajstić information content (AvgIpc) is 2.80. The van der Waals surface area contributed by atoms with E-state index in [9.17, 15) is 9.18 Å². The molecule has 0 saturated carbocycles. The van der Waals surface area contributed by atoms with Crippen molar-refractivity contribution in [2.45, 2.75) is 11.8 Å². The number of halogens is 3. The Morgan fingerprint density at radius 1 is 1.15 bits per heavy atom. The molecule has 1 aliphatic heterocycles. The lowest BCUT2D eigenvalue weighted by Gasteiger charge is -2.12. The minimum Gasteiger partial charge on any atom is -0.326 e. The number of hydrogen-bond acceptors (Lipinski definition) is 1. The summed E-state index contributed by atoms with van der Waals surface area (Å²) >= 11 is 12.0. The van der Waals surface area contributed by atoms with Crippen molar-refractivity contribution in [2.24, 2.45) is 0 Å². The van der Waals surface area contributed by atoms with Crippen LogP contribution in [0.5, 0.6) is 0 Å². The van der Waals surface area contributed by atoms with Gasteiger partial charge in [-0.15, -0.1) is 11.6 Å². The fourth-order valence-corrected chi connectivity index (χ4v) is 2.66. The Hall–Kier alpha value is -1.58. The van der Waals surface area contributed by atoms with Crippen LogP contribution in [-0.2, 0) is 11.2 Å². The molecule has 20 heavy (non-hydrogen) atoms. The van der Waals surface area contributed by atoms with Crippen LogP contribution in [0, 0.1) is 5.82 Å². The third kappa shape index (κ3) is 2.39. The van der Waals surface area contributed by atoms with Crippen molar-refractivity contribution in [1.29, 1.82) is 0 Å². The highest BCUT2D eigenvalue weighted by atomic mass is 35.5. The lowest BCUT2D eigenvalue weighted by atomic mass is 10.0. The topological polar surface area (TPSA) is 29.1 Å². The first-order valence-electron chi connectivity index (χ1n) is 6.06. The van der Waals surface area contributed by atoms with Crippen molar-refractivity contribution >= 4 is 34.8 Å². The number of hydrogen-bond donors (Lipinski definition) is 1. The van der Waals surface area contributed by atoms with Gasteiger partial charge in [-0.3, -0.25) is 4.79 Å². The summed E-state index contributed by atoms with van der Waals surface area (Å²) in [6.07, 6.45) is 0.349. The van der Waals surface area contributed by atoms with Crippen molar-refractivity contribution in [3.8, 4) is 0 Å². The van der Waals surface area contributed by atoms with Crippen LogP contribution in [-0.4, -0.2) is 5.91 Å². The molecule has 0 radical (unpaired) electrons. The highest BCUT2D eigenvalue weighted by Gasteiger charge is 2.20. The summed E-state index contributed by atoms with van der Waals surface area (Å²) < 4.78 is 13.5. The van der Waals surface area contributed by atoms with E-state index in [1.807, 2.05) is 18.2 Å². The fourth-order valence-electron chi connectivity index (χ4n) is 2.27. The predicted molar refractivity (Wildman–Crippen MR) is 77.9 cm³/mol. The number of alkyl halides is 1. The van der Waals surface area contributed by atoms with E-state index in [2.05, 4.69) is 5.32 Å². The summed E-state index contributed by atoms with van der Waals surface area (Å²) in [5.41, 5.74) is 3.17. The van der Waals surface area contributed by atoms with Gasteiger partial charge in [-0.2, -0.15) is 0 Å². The van der Waals surface area contributed by atoms with Gasteiger partial charge in [0.1, 0.15) is 5.82 Å². The van der Waals surface area contributed by atoms with E-state index in [-0.39, 0.29) is 10.9 Å². The first kappa shape index (κ1) is 13.4. The number of carbonyl (C=O) groups is 1. The Morgan fingerprint density at radius 2 is 1.85 bits per heavy atom. The number of carbonyl (C=O) groups excluding carboxylic acids is 1. The molecule has 5 heteroatoms. The molecule has 0 saturated heterocycles. The third-order valence-corrected chi connectivity index (χ3v) is 4.09. The molecular weight excluding hydrogens is 300 g/mol. The first-order valence-corrected chi connectivity index (χ1v) is 6.88. The molecule has 2 nitrogen and oxygen atoms in total. The molecule has 0 aromatic heterocycles. The van der Waals surface area contributed by atoms with E-state index >= 15 is 0 Å². The highest BCUT2D eigenvalue weighted by Crippen LogP contribution is 2.34. The number of anilines is 1. The molecule has 3 rings (SSSR count). The van der Waals surface area contributed by atoms with Gasteiger partial charge in [-0.1, -0.05) is 29.8 Å². The van der Waals surface area contributed by atoms with Crippen molar-refractivity contribution in [2.75, 3.05) is 5.32 Å². The fraction of sp³-hybridized carbons (Fsp3) is 0.133. The third-order valence-electron chi connectivity index (χ3n) is 3.28. The molecule has 1 amide bonds. The van der Waals surface area contributed by atoms with E-state index in [4.69, 9.17) is 23.2 Å². The van der Waals surface area contributed by atoms with Crippen LogP contribution in [0.1, 0.15) is 22.1 Å². The second-order valence-electron chi connectivity index (χ2n) is 4.68. The lowest BCUT2D eigenvalue weighted by Crippen LogP contribution is -2.03. The molecular formula is C15H10Cl2FNO. The molecule has 2 aromatic carbocycles. The van der Waals surface area contributed by atoms with Gasteiger partial charge >= 0.3 is 0 Å². The smallest absolute Gasteiger partial charge is 0.228 e. The predicted octanol–water partition coefficient (Wildman–Crippen LogP) is 4.30. The Balaban J connectivity index is 1.94. The SMILES string of the molecule is O=C1Cc2cc(C(Cl)c3ccc(Cl)c(F)c3)ccc2N1. The van der Waals surface area contributed by atoms with Gasteiger partial charge in [0.25, 0.3) is 0 Å². The molecule has 102 valence electrons. The summed E-state index contributed by atoms with van der Waals surface area (Å²) in [7, 11) is 0. The van der Waals surface area contributed by atoms with Crippen LogP contribution in [0.2, 0.25) is 5.02 Å². The normalized spacial score (nSPS) is 14.8. The standard InChI is InChI=1S/C15H10Cl2FNO/c16-11-3-1-9(6-12(11)18)15(17)8-2-4-13-10(5-8)7-14(20)19-13/h1-6,15H,7H2,(H,19,20). The summed E-state index contributed by atoms with van der Waals surface area (Å²) in [6.45, 7) is 0. The van der Waals surface area contributed by atoms with Crippen molar-refractivity contribution in [3.63, 3.8) is 0 Å². The quantitative estimate of drug-likeness (QED) is 0.823. The van der Waals surface area contributed by atoms with Gasteiger partial charge in [-0.25, -0.2) is 4.39 Å². The maximum Gasteiger partial charge on any atom is 0.228 e. The Morgan fingerprint density at radius 3 is 2.60 bits per heavy atom. The largest absolute Gasteiger partial charge is 0.326 e. The molecule has 1 atom stereocenters. The number of nitrogens with one attached hydrogen (secondary N) is 1. The summed E-state index contributed by atoms with van der Waals surface area (Å²) in [4.78, 5) is 11.3. The van der Waals surface area contributed by atoms with Gasteiger partial charge in [0.05, 0.1) is 16.8 Å². The molecule has 2 aromatic rings. The van der Waals surface area contributed by atoms with Crippen molar-refractivity contribution < 1.29 is 9.18 Å².